The van der Waals surface area contributed by atoms with Gasteiger partial charge in [0.15, 0.2) is 0 Å². The lowest BCUT2D eigenvalue weighted by Crippen LogP contribution is -2.52. The first-order valence-electron chi connectivity index (χ1n) is 6.14. The van der Waals surface area contributed by atoms with Crippen LogP contribution in [0.15, 0.2) is 18.2 Å². The van der Waals surface area contributed by atoms with E-state index in [0.717, 1.165) is 5.56 Å². The van der Waals surface area contributed by atoms with E-state index in [9.17, 15) is 9.59 Å². The van der Waals surface area contributed by atoms with Gasteiger partial charge < -0.3 is 10.6 Å². The van der Waals surface area contributed by atoms with Crippen molar-refractivity contribution in [3.8, 4) is 0 Å². The van der Waals surface area contributed by atoms with E-state index in [2.05, 4.69) is 5.32 Å². The molecule has 6 nitrogen and oxygen atoms in total. The maximum absolute atomic E-state index is 11.9. The van der Waals surface area contributed by atoms with Crippen molar-refractivity contribution in [2.75, 3.05) is 5.73 Å². The highest BCUT2D eigenvalue weighted by Crippen LogP contribution is 2.30. The summed E-state index contributed by atoms with van der Waals surface area (Å²) >= 11 is 0. The Hall–Kier alpha value is -2.37. The molecule has 0 spiro atoms. The molecule has 6 heteroatoms. The number of rotatable bonds is 1. The number of carbonyl (C=O) groups is 2. The van der Waals surface area contributed by atoms with Crippen molar-refractivity contribution in [2.24, 2.45) is 0 Å². The third kappa shape index (κ3) is 1.76. The van der Waals surface area contributed by atoms with Crippen LogP contribution in [0.5, 0.6) is 0 Å². The minimum Gasteiger partial charge on any atom is -0.398 e. The van der Waals surface area contributed by atoms with E-state index in [1.165, 1.54) is 0 Å². The highest BCUT2D eigenvalue weighted by atomic mass is 16.2. The molecule has 1 unspecified atom stereocenters. The number of hydrogen-bond donors (Lipinski definition) is 3. The number of benzene rings is 1. The molecule has 3 rings (SSSR count). The molecule has 4 N–H and O–H groups in total. The third-order valence-electron chi connectivity index (χ3n) is 3.63. The van der Waals surface area contributed by atoms with Gasteiger partial charge in [0.1, 0.15) is 11.9 Å². The SMILES string of the molecule is N=C1c2c(N)cccc2CN1C1CCC(=O)NC1=O. The maximum atomic E-state index is 11.9. The number of hydrogen-bond acceptors (Lipinski definition) is 4. The molecule has 0 aromatic heterocycles. The minimum atomic E-state index is -0.461. The van der Waals surface area contributed by atoms with Gasteiger partial charge in [-0.15, -0.1) is 0 Å². The van der Waals surface area contributed by atoms with Crippen molar-refractivity contribution in [1.29, 1.82) is 5.41 Å². The second-order valence-electron chi connectivity index (χ2n) is 4.82. The first-order valence-corrected chi connectivity index (χ1v) is 6.14. The third-order valence-corrected chi connectivity index (χ3v) is 3.63. The molecule has 1 aromatic rings. The van der Waals surface area contributed by atoms with Gasteiger partial charge >= 0.3 is 0 Å². The number of nitrogens with zero attached hydrogens (tertiary/aromatic N) is 1. The van der Waals surface area contributed by atoms with Gasteiger partial charge in [0.25, 0.3) is 0 Å². The summed E-state index contributed by atoms with van der Waals surface area (Å²) in [6.45, 7) is 0.492. The maximum Gasteiger partial charge on any atom is 0.249 e. The Labute approximate surface area is 110 Å². The normalized spacial score (nSPS) is 22.4. The molecule has 0 bridgehead atoms. The van der Waals surface area contributed by atoms with Gasteiger partial charge in [-0.05, 0) is 18.1 Å². The zero-order valence-corrected chi connectivity index (χ0v) is 10.3. The molecule has 1 saturated heterocycles. The first kappa shape index (κ1) is 11.7. The van der Waals surface area contributed by atoms with Gasteiger partial charge in [0.2, 0.25) is 11.8 Å². The quantitative estimate of drug-likeness (QED) is 0.495. The Balaban J connectivity index is 1.90. The van der Waals surface area contributed by atoms with E-state index in [1.807, 2.05) is 12.1 Å². The van der Waals surface area contributed by atoms with Crippen LogP contribution in [-0.4, -0.2) is 28.6 Å². The number of nitrogens with one attached hydrogen (secondary N) is 2. The van der Waals surface area contributed by atoms with E-state index in [-0.39, 0.29) is 17.6 Å². The monoisotopic (exact) mass is 258 g/mol. The van der Waals surface area contributed by atoms with E-state index in [4.69, 9.17) is 11.1 Å². The van der Waals surface area contributed by atoms with Crippen LogP contribution in [0.1, 0.15) is 24.0 Å². The molecule has 1 aromatic carbocycles. The van der Waals surface area contributed by atoms with Crippen LogP contribution >= 0.6 is 0 Å². The summed E-state index contributed by atoms with van der Waals surface area (Å²) in [5.74, 6) is -0.306. The Bertz CT molecular complexity index is 596. The van der Waals surface area contributed by atoms with Gasteiger partial charge in [-0.1, -0.05) is 12.1 Å². The van der Waals surface area contributed by atoms with Crippen LogP contribution in [-0.2, 0) is 16.1 Å². The van der Waals surface area contributed by atoms with Crippen LogP contribution in [0.2, 0.25) is 0 Å². The summed E-state index contributed by atoms with van der Waals surface area (Å²) in [4.78, 5) is 24.7. The fourth-order valence-electron chi connectivity index (χ4n) is 2.69. The fourth-order valence-corrected chi connectivity index (χ4v) is 2.69. The number of nitrogens with two attached hydrogens (primary N) is 1. The van der Waals surface area contributed by atoms with E-state index >= 15 is 0 Å². The van der Waals surface area contributed by atoms with Crippen molar-refractivity contribution in [1.82, 2.24) is 10.2 Å². The molecule has 0 radical (unpaired) electrons. The number of anilines is 1. The number of fused-ring (bicyclic) bond motifs is 1. The predicted octanol–water partition coefficient (Wildman–Crippen LogP) is 0.215. The van der Waals surface area contributed by atoms with Crippen molar-refractivity contribution in [2.45, 2.75) is 25.4 Å². The van der Waals surface area contributed by atoms with E-state index in [0.29, 0.717) is 30.6 Å². The average Bonchev–Trinajstić information content (AvgIpc) is 2.68. The molecule has 1 fully saturated rings. The molecule has 98 valence electrons. The van der Waals surface area contributed by atoms with E-state index < -0.39 is 6.04 Å². The summed E-state index contributed by atoms with van der Waals surface area (Å²) in [6, 6.07) is 5.04. The molecular weight excluding hydrogens is 244 g/mol. The van der Waals surface area contributed by atoms with Crippen LogP contribution in [0.25, 0.3) is 0 Å². The van der Waals surface area contributed by atoms with Gasteiger partial charge in [-0.2, -0.15) is 0 Å². The number of piperidine rings is 1. The molecule has 1 atom stereocenters. The summed E-state index contributed by atoms with van der Waals surface area (Å²) in [5.41, 5.74) is 8.10. The van der Waals surface area contributed by atoms with Crippen molar-refractivity contribution >= 4 is 23.3 Å². The number of carbonyl (C=O) groups excluding carboxylic acids is 2. The smallest absolute Gasteiger partial charge is 0.249 e. The lowest BCUT2D eigenvalue weighted by molar-refractivity contribution is -0.136. The van der Waals surface area contributed by atoms with Crippen molar-refractivity contribution < 1.29 is 9.59 Å². The van der Waals surface area contributed by atoms with Gasteiger partial charge in [-0.25, -0.2) is 0 Å². The fraction of sp³-hybridized carbons (Fsp3) is 0.308. The molecule has 2 aliphatic heterocycles. The second kappa shape index (κ2) is 4.08. The zero-order chi connectivity index (χ0) is 13.6. The molecule has 0 aliphatic carbocycles. The number of amidine groups is 1. The van der Waals surface area contributed by atoms with Gasteiger partial charge in [0, 0.05) is 24.2 Å². The minimum absolute atomic E-state index is 0.246. The molecule has 19 heavy (non-hydrogen) atoms. The molecule has 2 aliphatic rings. The van der Waals surface area contributed by atoms with Crippen LogP contribution in [0.3, 0.4) is 0 Å². The van der Waals surface area contributed by atoms with E-state index in [1.54, 1.807) is 11.0 Å². The van der Waals surface area contributed by atoms with Crippen molar-refractivity contribution in [3.63, 3.8) is 0 Å². The van der Waals surface area contributed by atoms with Crippen LogP contribution in [0, 0.1) is 5.41 Å². The standard InChI is InChI=1S/C13H14N4O2/c14-8-3-1-2-7-6-17(12(15)11(7)8)9-4-5-10(18)16-13(9)19/h1-3,9,15H,4-6,14H2,(H,16,18,19). The molecule has 0 saturated carbocycles. The predicted molar refractivity (Wildman–Crippen MR) is 69.4 cm³/mol. The summed E-state index contributed by atoms with van der Waals surface area (Å²) in [7, 11) is 0. The Morgan fingerprint density at radius 3 is 2.84 bits per heavy atom. The Morgan fingerprint density at radius 2 is 2.16 bits per heavy atom. The highest BCUT2D eigenvalue weighted by molar-refractivity contribution is 6.08. The Kier molecular flexibility index (Phi) is 2.51. The summed E-state index contributed by atoms with van der Waals surface area (Å²) in [5, 5.41) is 10.5. The van der Waals surface area contributed by atoms with Crippen LogP contribution < -0.4 is 11.1 Å². The zero-order valence-electron chi connectivity index (χ0n) is 10.3. The Morgan fingerprint density at radius 1 is 1.37 bits per heavy atom. The lowest BCUT2D eigenvalue weighted by Gasteiger charge is -2.30. The number of imide groups is 1. The second-order valence-corrected chi connectivity index (χ2v) is 4.82. The first-order chi connectivity index (χ1) is 9.08. The van der Waals surface area contributed by atoms with Crippen LogP contribution in [0.4, 0.5) is 5.69 Å². The molecular formula is C13H14N4O2. The van der Waals surface area contributed by atoms with Gasteiger partial charge in [0.05, 0.1) is 0 Å². The molecule has 2 amide bonds. The summed E-state index contributed by atoms with van der Waals surface area (Å²) < 4.78 is 0. The topological polar surface area (TPSA) is 99.3 Å². The largest absolute Gasteiger partial charge is 0.398 e. The van der Waals surface area contributed by atoms with Crippen molar-refractivity contribution in [3.05, 3.63) is 29.3 Å². The summed E-state index contributed by atoms with van der Waals surface area (Å²) in [6.07, 6.45) is 0.757. The van der Waals surface area contributed by atoms with Gasteiger partial charge in [-0.3, -0.25) is 20.3 Å². The average molecular weight is 258 g/mol. The lowest BCUT2D eigenvalue weighted by atomic mass is 10.0. The number of nitrogen functional groups attached to an aromatic ring is 1. The number of amides is 2. The molecule has 2 heterocycles. The highest BCUT2D eigenvalue weighted by Gasteiger charge is 2.37.